The summed E-state index contributed by atoms with van der Waals surface area (Å²) in [6, 6.07) is 9.80. The van der Waals surface area contributed by atoms with E-state index in [2.05, 4.69) is 0 Å². The van der Waals surface area contributed by atoms with Gasteiger partial charge in [-0.05, 0) is 5.30 Å². The highest BCUT2D eigenvalue weighted by Crippen LogP contribution is 1.86. The Labute approximate surface area is 47.0 Å². The number of hydrogen-bond acceptors (Lipinski definition) is 0. The van der Waals surface area contributed by atoms with Gasteiger partial charge in [0.05, 0.1) is 1.28 Å². The fourth-order valence-electron chi connectivity index (χ4n) is 0.438. The molecule has 0 aromatic heterocycles. The highest BCUT2D eigenvalue weighted by molar-refractivity contribution is 7.27. The van der Waals surface area contributed by atoms with Gasteiger partial charge in [0, 0.05) is 0 Å². The van der Waals surface area contributed by atoms with E-state index in [1.165, 1.54) is 0 Å². The molecule has 0 aliphatic carbocycles. The molecule has 1 atom stereocenters. The minimum atomic E-state index is 0.180. The summed E-state index contributed by atoms with van der Waals surface area (Å²) in [5.74, 6) is 0. The van der Waals surface area contributed by atoms with Crippen LogP contribution in [0.2, 0.25) is 0 Å². The number of benzene rings is 1. The largest absolute Gasteiger partial charge is 0.106 e. The lowest BCUT2D eigenvalue weighted by atomic mass is 10.4. The molecule has 0 saturated carbocycles. The summed E-state index contributed by atoms with van der Waals surface area (Å²) in [6.45, 7) is 0. The van der Waals surface area contributed by atoms with E-state index in [0.29, 0.717) is 0 Å². The Hall–Kier alpha value is -0.350. The third-order valence-corrected chi connectivity index (χ3v) is 1.11. The van der Waals surface area contributed by atoms with Crippen LogP contribution in [0.25, 0.3) is 0 Å². The molecule has 1 aromatic rings. The molecule has 0 spiro atoms. The lowest BCUT2D eigenvalue weighted by molar-refractivity contribution is 1.78. The topological polar surface area (TPSA) is 0 Å². The predicted molar refractivity (Wildman–Crippen MR) is 35.8 cm³/mol. The van der Waals surface area contributed by atoms with E-state index in [-0.39, 0.29) is 9.18 Å². The molecule has 1 rings (SSSR count). The molecule has 1 unspecified atom stereocenters. The highest BCUT2D eigenvalue weighted by atomic mass is 31.0. The van der Waals surface area contributed by atoms with Crippen molar-refractivity contribution in [2.75, 3.05) is 0 Å². The Morgan fingerprint density at radius 1 is 1.29 bits per heavy atom. The first-order chi connectivity index (χ1) is 3.93. The molecule has 0 fully saturated rings. The van der Waals surface area contributed by atoms with Gasteiger partial charge in [-0.1, -0.05) is 30.3 Å². The SMILES string of the molecule is [2H]Pc1ccccc1. The van der Waals surface area contributed by atoms with Gasteiger partial charge in [-0.15, -0.1) is 9.18 Å². The summed E-state index contributed by atoms with van der Waals surface area (Å²) in [5, 5.41) is 1.10. The summed E-state index contributed by atoms with van der Waals surface area (Å²) in [5.41, 5.74) is 0. The van der Waals surface area contributed by atoms with Crippen molar-refractivity contribution in [2.45, 2.75) is 0 Å². The molecule has 0 nitrogen and oxygen atoms in total. The first-order valence-corrected chi connectivity index (χ1v) is 2.66. The van der Waals surface area contributed by atoms with E-state index in [1.54, 1.807) is 0 Å². The first kappa shape index (κ1) is 3.63. The zero-order valence-corrected chi connectivity index (χ0v) is 4.89. The Kier molecular flexibility index (Phi) is 1.08. The summed E-state index contributed by atoms with van der Waals surface area (Å²) in [4.78, 5) is 0. The highest BCUT2D eigenvalue weighted by Gasteiger charge is 1.72. The average molecular weight is 111 g/mol. The maximum atomic E-state index is 6.97. The monoisotopic (exact) mass is 111 g/mol. The first-order valence-electron chi connectivity index (χ1n) is 2.66. The minimum absolute atomic E-state index is 0.180. The Bertz CT molecular complexity index is 150. The molecule has 36 valence electrons. The van der Waals surface area contributed by atoms with Crippen LogP contribution in [0.5, 0.6) is 0 Å². The third kappa shape index (κ3) is 1.29. The molecule has 0 bridgehead atoms. The van der Waals surface area contributed by atoms with Crippen LogP contribution in [0, 0.1) is 0 Å². The molecule has 0 aliphatic heterocycles. The van der Waals surface area contributed by atoms with Gasteiger partial charge in [0.1, 0.15) is 0 Å². The van der Waals surface area contributed by atoms with E-state index in [4.69, 9.17) is 1.28 Å². The van der Waals surface area contributed by atoms with E-state index in [0.717, 1.165) is 5.30 Å². The van der Waals surface area contributed by atoms with Crippen LogP contribution in [-0.2, 0) is 0 Å². The molecule has 7 heavy (non-hydrogen) atoms. The van der Waals surface area contributed by atoms with Gasteiger partial charge in [0.25, 0.3) is 0 Å². The van der Waals surface area contributed by atoms with Crippen molar-refractivity contribution in [1.82, 2.24) is 0 Å². The van der Waals surface area contributed by atoms with E-state index >= 15 is 0 Å². The van der Waals surface area contributed by atoms with Crippen molar-refractivity contribution >= 4 is 14.5 Å². The van der Waals surface area contributed by atoms with Crippen molar-refractivity contribution in [1.29, 1.82) is 1.28 Å². The van der Waals surface area contributed by atoms with Crippen molar-refractivity contribution in [3.63, 3.8) is 0 Å². The Morgan fingerprint density at radius 3 is 2.43 bits per heavy atom. The lowest BCUT2D eigenvalue weighted by Gasteiger charge is -1.82. The lowest BCUT2D eigenvalue weighted by Crippen LogP contribution is -1.82. The predicted octanol–water partition coefficient (Wildman–Crippen LogP) is 1.19. The standard InChI is InChI=1S/C6H7P/c7-6-4-2-1-3-5-6/h1-5H,7H2/i7D. The number of rotatable bonds is 1. The molecular weight excluding hydrogens is 103 g/mol. The molecular formula is C6H7P. The minimum Gasteiger partial charge on any atom is -0.106 e. The summed E-state index contributed by atoms with van der Waals surface area (Å²) in [6.07, 6.45) is 0. The van der Waals surface area contributed by atoms with Gasteiger partial charge >= 0.3 is 0 Å². The van der Waals surface area contributed by atoms with Crippen molar-refractivity contribution in [3.05, 3.63) is 30.3 Å². The summed E-state index contributed by atoms with van der Waals surface area (Å²) in [7, 11) is 0.180. The Balaban J connectivity index is 2.83. The van der Waals surface area contributed by atoms with Crippen LogP contribution in [0.4, 0.5) is 0 Å². The van der Waals surface area contributed by atoms with Gasteiger partial charge in [-0.2, -0.15) is 0 Å². The molecule has 1 heteroatoms. The number of hydrogen-bond donors (Lipinski definition) is 0. The van der Waals surface area contributed by atoms with Gasteiger partial charge < -0.3 is 0 Å². The second kappa shape index (κ2) is 2.09. The fraction of sp³-hybridized carbons (Fsp3) is 0. The van der Waals surface area contributed by atoms with E-state index < -0.39 is 0 Å². The Morgan fingerprint density at radius 2 is 2.00 bits per heavy atom. The average Bonchev–Trinajstić information content (AvgIpc) is 1.90. The molecule has 0 radical (unpaired) electrons. The van der Waals surface area contributed by atoms with E-state index in [1.807, 2.05) is 30.3 Å². The molecule has 0 aliphatic rings. The van der Waals surface area contributed by atoms with Crippen LogP contribution in [-0.4, -0.2) is 1.28 Å². The maximum absolute atomic E-state index is 6.97. The van der Waals surface area contributed by atoms with Gasteiger partial charge in [0.15, 0.2) is 0 Å². The van der Waals surface area contributed by atoms with Gasteiger partial charge in [-0.25, -0.2) is 0 Å². The van der Waals surface area contributed by atoms with Crippen LogP contribution in [0.1, 0.15) is 0 Å². The molecule has 0 amide bonds. The van der Waals surface area contributed by atoms with Crippen LogP contribution >= 0.6 is 9.18 Å². The molecule has 1 aromatic carbocycles. The van der Waals surface area contributed by atoms with Crippen molar-refractivity contribution in [3.8, 4) is 0 Å². The zero-order chi connectivity index (χ0) is 5.82. The van der Waals surface area contributed by atoms with Crippen LogP contribution < -0.4 is 5.30 Å². The van der Waals surface area contributed by atoms with Crippen molar-refractivity contribution in [2.24, 2.45) is 0 Å². The van der Waals surface area contributed by atoms with Gasteiger partial charge in [0.2, 0.25) is 0 Å². The molecule has 0 saturated heterocycles. The second-order valence-corrected chi connectivity index (χ2v) is 1.94. The smallest absolute Gasteiger partial charge is 0.0594 e. The molecule has 0 heterocycles. The summed E-state index contributed by atoms with van der Waals surface area (Å²) < 4.78 is 6.97. The quantitative estimate of drug-likeness (QED) is 0.477. The van der Waals surface area contributed by atoms with Crippen LogP contribution in [0.15, 0.2) is 30.3 Å². The summed E-state index contributed by atoms with van der Waals surface area (Å²) >= 11 is 0. The van der Waals surface area contributed by atoms with Crippen molar-refractivity contribution < 1.29 is 0 Å². The van der Waals surface area contributed by atoms with E-state index in [9.17, 15) is 0 Å². The third-order valence-electron chi connectivity index (χ3n) is 0.774. The second-order valence-electron chi connectivity index (χ2n) is 1.37. The fourth-order valence-corrected chi connectivity index (χ4v) is 0.631. The normalized spacial score (nSPS) is 12.3. The maximum Gasteiger partial charge on any atom is 0.0594 e. The van der Waals surface area contributed by atoms with Gasteiger partial charge in [-0.3, -0.25) is 0 Å². The van der Waals surface area contributed by atoms with Crippen LogP contribution in [0.3, 0.4) is 0 Å². The molecule has 0 N–H and O–H groups in total. The zero-order valence-electron chi connectivity index (χ0n) is 4.89.